The Labute approximate surface area is 192 Å². The number of halogens is 1. The number of fused-ring (bicyclic) bond motifs is 1. The molecule has 0 bridgehead atoms. The Kier molecular flexibility index (Phi) is 5.73. The van der Waals surface area contributed by atoms with Crippen LogP contribution < -0.4 is 0 Å². The highest BCUT2D eigenvalue weighted by Gasteiger charge is 2.34. The highest BCUT2D eigenvalue weighted by Crippen LogP contribution is 2.41. The number of amides is 1. The fourth-order valence-electron chi connectivity index (χ4n) is 4.02. The number of hydrogen-bond acceptors (Lipinski definition) is 8. The van der Waals surface area contributed by atoms with Crippen molar-refractivity contribution in [3.63, 3.8) is 0 Å². The summed E-state index contributed by atoms with van der Waals surface area (Å²) >= 11 is 1.25. The molecule has 9 nitrogen and oxygen atoms in total. The summed E-state index contributed by atoms with van der Waals surface area (Å²) in [4.78, 5) is 21.3. The van der Waals surface area contributed by atoms with Gasteiger partial charge in [0.15, 0.2) is 5.76 Å². The van der Waals surface area contributed by atoms with Crippen molar-refractivity contribution >= 4 is 22.4 Å². The van der Waals surface area contributed by atoms with Gasteiger partial charge in [-0.15, -0.1) is 5.10 Å². The quantitative estimate of drug-likeness (QED) is 0.473. The van der Waals surface area contributed by atoms with Gasteiger partial charge in [-0.3, -0.25) is 4.90 Å². The van der Waals surface area contributed by atoms with Gasteiger partial charge in [-0.05, 0) is 25.1 Å². The maximum atomic E-state index is 14.9. The van der Waals surface area contributed by atoms with E-state index in [1.54, 1.807) is 42.2 Å². The number of rotatable bonds is 5. The van der Waals surface area contributed by atoms with E-state index in [0.717, 1.165) is 0 Å². The summed E-state index contributed by atoms with van der Waals surface area (Å²) in [5, 5.41) is 15.4. The minimum atomic E-state index is -0.559. The molecular formula is C22H22FN5O4S. The van der Waals surface area contributed by atoms with E-state index < -0.39 is 6.04 Å². The van der Waals surface area contributed by atoms with E-state index in [1.807, 2.05) is 4.90 Å². The van der Waals surface area contributed by atoms with Crippen LogP contribution in [0, 0.1) is 5.82 Å². The molecule has 4 heterocycles. The van der Waals surface area contributed by atoms with Crippen LogP contribution in [0.4, 0.5) is 9.18 Å². The third kappa shape index (κ3) is 3.93. The van der Waals surface area contributed by atoms with Gasteiger partial charge >= 0.3 is 6.09 Å². The summed E-state index contributed by atoms with van der Waals surface area (Å²) in [5.74, 6) is 0.387. The average molecular weight is 472 g/mol. The van der Waals surface area contributed by atoms with Gasteiger partial charge < -0.3 is 19.2 Å². The van der Waals surface area contributed by atoms with Gasteiger partial charge in [0.05, 0.1) is 23.8 Å². The van der Waals surface area contributed by atoms with Crippen LogP contribution in [0.5, 0.6) is 5.88 Å². The van der Waals surface area contributed by atoms with E-state index in [1.165, 1.54) is 28.2 Å². The molecule has 0 unspecified atom stereocenters. The monoisotopic (exact) mass is 471 g/mol. The molecule has 5 rings (SSSR count). The fraction of sp³-hybridized carbons (Fsp3) is 0.318. The predicted molar refractivity (Wildman–Crippen MR) is 119 cm³/mol. The highest BCUT2D eigenvalue weighted by molar-refractivity contribution is 7.17. The maximum absolute atomic E-state index is 14.9. The van der Waals surface area contributed by atoms with Gasteiger partial charge in [0.25, 0.3) is 0 Å². The number of hydrogen-bond donors (Lipinski definition) is 1. The van der Waals surface area contributed by atoms with Crippen LogP contribution in [-0.2, 0) is 4.74 Å². The molecule has 1 aromatic carbocycles. The molecule has 0 saturated carbocycles. The number of benzene rings is 1. The van der Waals surface area contributed by atoms with Gasteiger partial charge in [-0.1, -0.05) is 29.5 Å². The van der Waals surface area contributed by atoms with Crippen molar-refractivity contribution in [2.75, 3.05) is 32.8 Å². The van der Waals surface area contributed by atoms with Crippen LogP contribution in [-0.4, -0.2) is 68.4 Å². The van der Waals surface area contributed by atoms with Gasteiger partial charge in [-0.2, -0.15) is 9.50 Å². The number of ether oxygens (including phenoxy) is 1. The lowest BCUT2D eigenvalue weighted by atomic mass is 10.0. The lowest BCUT2D eigenvalue weighted by Gasteiger charge is -2.38. The first-order valence-corrected chi connectivity index (χ1v) is 11.4. The van der Waals surface area contributed by atoms with Crippen LogP contribution in [0.2, 0.25) is 0 Å². The Bertz CT molecular complexity index is 1260. The summed E-state index contributed by atoms with van der Waals surface area (Å²) in [7, 11) is 0. The molecule has 1 saturated heterocycles. The number of carbonyl (C=O) groups is 1. The highest BCUT2D eigenvalue weighted by atomic mass is 32.1. The average Bonchev–Trinajstić information content (AvgIpc) is 3.55. The van der Waals surface area contributed by atoms with Crippen molar-refractivity contribution in [2.24, 2.45) is 0 Å². The second kappa shape index (κ2) is 8.83. The van der Waals surface area contributed by atoms with E-state index in [9.17, 15) is 14.3 Å². The summed E-state index contributed by atoms with van der Waals surface area (Å²) in [5.41, 5.74) is 0.438. The minimum absolute atomic E-state index is 0.0959. The lowest BCUT2D eigenvalue weighted by molar-refractivity contribution is 0.0710. The molecule has 1 N–H and O–H groups in total. The maximum Gasteiger partial charge on any atom is 0.409 e. The summed E-state index contributed by atoms with van der Waals surface area (Å²) in [6, 6.07) is 9.43. The Hall–Kier alpha value is -3.44. The Morgan fingerprint density at radius 2 is 2.03 bits per heavy atom. The van der Waals surface area contributed by atoms with Crippen molar-refractivity contribution < 1.29 is 23.4 Å². The summed E-state index contributed by atoms with van der Waals surface area (Å²) in [6.45, 7) is 3.93. The second-order valence-corrected chi connectivity index (χ2v) is 8.55. The van der Waals surface area contributed by atoms with E-state index in [-0.39, 0.29) is 17.8 Å². The molecule has 1 aliphatic rings. The van der Waals surface area contributed by atoms with Crippen LogP contribution >= 0.6 is 11.3 Å². The Morgan fingerprint density at radius 1 is 1.24 bits per heavy atom. The van der Waals surface area contributed by atoms with Crippen LogP contribution in [0.3, 0.4) is 0 Å². The zero-order chi connectivity index (χ0) is 22.9. The third-order valence-electron chi connectivity index (χ3n) is 5.59. The van der Waals surface area contributed by atoms with E-state index in [2.05, 4.69) is 10.1 Å². The van der Waals surface area contributed by atoms with Crippen molar-refractivity contribution in [1.82, 2.24) is 24.4 Å². The van der Waals surface area contributed by atoms with Crippen LogP contribution in [0.15, 0.2) is 47.1 Å². The van der Waals surface area contributed by atoms with Gasteiger partial charge in [0, 0.05) is 31.7 Å². The van der Waals surface area contributed by atoms with Crippen molar-refractivity contribution in [1.29, 1.82) is 0 Å². The van der Waals surface area contributed by atoms with Crippen LogP contribution in [0.25, 0.3) is 16.5 Å². The van der Waals surface area contributed by atoms with E-state index >= 15 is 0 Å². The van der Waals surface area contributed by atoms with Crippen molar-refractivity contribution in [2.45, 2.75) is 13.0 Å². The first kappa shape index (κ1) is 21.4. The topological polar surface area (TPSA) is 96.3 Å². The summed E-state index contributed by atoms with van der Waals surface area (Å²) < 4.78 is 26.7. The zero-order valence-corrected chi connectivity index (χ0v) is 18.7. The van der Waals surface area contributed by atoms with Gasteiger partial charge in [0.1, 0.15) is 5.82 Å². The number of carbonyl (C=O) groups excluding carboxylic acids is 1. The fourth-order valence-corrected chi connectivity index (χ4v) is 5.12. The number of aromatic nitrogens is 3. The molecule has 11 heteroatoms. The molecule has 3 aromatic heterocycles. The zero-order valence-electron chi connectivity index (χ0n) is 17.8. The Morgan fingerprint density at radius 3 is 2.70 bits per heavy atom. The second-order valence-electron chi connectivity index (χ2n) is 7.54. The smallest absolute Gasteiger partial charge is 0.409 e. The molecule has 0 radical (unpaired) electrons. The molecule has 0 spiro atoms. The predicted octanol–water partition coefficient (Wildman–Crippen LogP) is 3.76. The van der Waals surface area contributed by atoms with E-state index in [4.69, 9.17) is 9.15 Å². The van der Waals surface area contributed by atoms with Crippen molar-refractivity contribution in [3.8, 4) is 17.5 Å². The van der Waals surface area contributed by atoms with Gasteiger partial charge in [0.2, 0.25) is 16.7 Å². The molecule has 33 heavy (non-hydrogen) atoms. The minimum Gasteiger partial charge on any atom is -0.492 e. The van der Waals surface area contributed by atoms with Gasteiger partial charge in [-0.25, -0.2) is 9.18 Å². The number of thiazole rings is 1. The standard InChI is InChI=1S/C22H22FN5O4S/c1-2-31-22(30)27-11-9-26(10-12-27)17(14-6-3-4-7-15(14)23)18-20(29)28-21(33-18)24-19(25-28)16-8-5-13-32-16/h3-8,13,17,29H,2,9-12H2,1H3/t17-/m1/s1. The first-order valence-electron chi connectivity index (χ1n) is 10.6. The molecule has 1 amide bonds. The molecule has 1 atom stereocenters. The number of aromatic hydroxyl groups is 1. The number of piperazine rings is 1. The molecule has 0 aliphatic carbocycles. The number of nitrogens with zero attached hydrogens (tertiary/aromatic N) is 5. The molecule has 1 aliphatic heterocycles. The van der Waals surface area contributed by atoms with Crippen molar-refractivity contribution in [3.05, 3.63) is 58.9 Å². The summed E-state index contributed by atoms with van der Waals surface area (Å²) in [6.07, 6.45) is 1.17. The first-order chi connectivity index (χ1) is 16.1. The van der Waals surface area contributed by atoms with E-state index in [0.29, 0.717) is 59.8 Å². The third-order valence-corrected chi connectivity index (χ3v) is 6.67. The molecular weight excluding hydrogens is 449 g/mol. The molecule has 4 aromatic rings. The SMILES string of the molecule is CCOC(=O)N1CCN([C@H](c2ccccc2F)c2sc3nc(-c4ccco4)nn3c2O)CC1. The number of furan rings is 1. The molecule has 1 fully saturated rings. The molecule has 172 valence electrons. The Balaban J connectivity index is 1.50. The van der Waals surface area contributed by atoms with Crippen LogP contribution in [0.1, 0.15) is 23.4 Å². The normalized spacial score (nSPS) is 15.8. The lowest BCUT2D eigenvalue weighted by Crippen LogP contribution is -2.50. The largest absolute Gasteiger partial charge is 0.492 e.